The molecule has 16 aromatic rings. The maximum absolute atomic E-state index is 14.9. The highest BCUT2D eigenvalue weighted by molar-refractivity contribution is 5.84. The maximum Gasteiger partial charge on any atom is 0.132 e. The number of ether oxygens (including phenoxy) is 9. The van der Waals surface area contributed by atoms with Crippen LogP contribution in [0.15, 0.2) is 280 Å². The van der Waals surface area contributed by atoms with Gasteiger partial charge in [-0.05, 0) is 226 Å². The van der Waals surface area contributed by atoms with Gasteiger partial charge in [-0.3, -0.25) is 19.9 Å². The van der Waals surface area contributed by atoms with Gasteiger partial charge in [0.25, 0.3) is 0 Å². The number of benzene rings is 8. The second kappa shape index (κ2) is 42.0. The SMILES string of the molecule is COc1ccc(COC[C@@H]2CCc3nc(-c4cc(C)ccc4F)c(-c4ccncc4)n32)cc1.COc1ccc(COC[C@@H]2CCc3nc(-c4cc(F)ccc4C)c(-c4ccncc4)n32)cc1.COc1ccc(COC[C@@H]2CCc3nc(-c4ccc(OC)cc4)c(-c4ccncc4)n32)cc1.COc1ccc(COC[C@@H]2CCc3nc(-c4cccc(C)c4)c(-c4ccncc4)n32)cc1. The molecule has 0 saturated carbocycles. The van der Waals surface area contributed by atoms with Crippen LogP contribution in [0.5, 0.6) is 28.7 Å². The van der Waals surface area contributed by atoms with Crippen LogP contribution in [0.2, 0.25) is 0 Å². The number of aryl methyl sites for hydroxylation is 7. The molecular weight excluding hydrogens is 1650 g/mol. The fraction of sp³-hybridized carbons (Fsp3) is 0.259. The summed E-state index contributed by atoms with van der Waals surface area (Å²) in [6, 6.07) is 75.5. The summed E-state index contributed by atoms with van der Waals surface area (Å²) in [6.45, 7) is 10.7. The molecule has 0 bridgehead atoms. The van der Waals surface area contributed by atoms with Crippen molar-refractivity contribution < 1.29 is 51.4 Å². The smallest absolute Gasteiger partial charge is 0.132 e. The van der Waals surface area contributed by atoms with E-state index in [9.17, 15) is 8.78 Å². The summed E-state index contributed by atoms with van der Waals surface area (Å²) in [5.41, 5.74) is 23.2. The van der Waals surface area contributed by atoms with Crippen LogP contribution in [0.1, 0.15) is 112 Å². The Bertz CT molecular complexity index is 6280. The second-order valence-corrected chi connectivity index (χ2v) is 33.1. The number of rotatable bonds is 29. The first-order chi connectivity index (χ1) is 64.3. The fourth-order valence-corrected chi connectivity index (χ4v) is 17.8. The summed E-state index contributed by atoms with van der Waals surface area (Å²) in [5, 5.41) is 0. The molecule has 20 rings (SSSR count). The molecule has 4 atom stereocenters. The predicted molar refractivity (Wildman–Crippen MR) is 504 cm³/mol. The van der Waals surface area contributed by atoms with E-state index in [1.165, 1.54) is 17.7 Å². The number of nitrogens with zero attached hydrogens (tertiary/aromatic N) is 12. The number of methoxy groups -OCH3 is 5. The van der Waals surface area contributed by atoms with Crippen LogP contribution in [0.25, 0.3) is 90.1 Å². The van der Waals surface area contributed by atoms with Gasteiger partial charge in [-0.25, -0.2) is 28.7 Å². The highest BCUT2D eigenvalue weighted by atomic mass is 19.1. The maximum atomic E-state index is 14.9. The van der Waals surface area contributed by atoms with Gasteiger partial charge in [0.15, 0.2) is 0 Å². The third kappa shape index (κ3) is 20.6. The van der Waals surface area contributed by atoms with E-state index in [2.05, 4.69) is 93.7 Å². The monoisotopic (exact) mass is 1750 g/mol. The van der Waals surface area contributed by atoms with Gasteiger partial charge in [0.1, 0.15) is 63.7 Å². The molecule has 0 N–H and O–H groups in total. The number of hydrogen-bond acceptors (Lipinski definition) is 17. The lowest BCUT2D eigenvalue weighted by Crippen LogP contribution is -2.13. The molecular formula is C108H106F2N12O9. The molecule has 0 spiro atoms. The minimum atomic E-state index is -0.264. The molecule has 0 radical (unpaired) electrons. The van der Waals surface area contributed by atoms with Gasteiger partial charge in [0, 0.05) is 120 Å². The van der Waals surface area contributed by atoms with Crippen LogP contribution in [0.3, 0.4) is 0 Å². The van der Waals surface area contributed by atoms with Crippen molar-refractivity contribution in [1.82, 2.24) is 58.1 Å². The summed E-state index contributed by atoms with van der Waals surface area (Å²) >= 11 is 0. The Hall–Kier alpha value is -14.1. The van der Waals surface area contributed by atoms with E-state index < -0.39 is 0 Å². The van der Waals surface area contributed by atoms with Crippen molar-refractivity contribution in [3.8, 4) is 119 Å². The Kier molecular flexibility index (Phi) is 28.5. The van der Waals surface area contributed by atoms with Gasteiger partial charge in [0.05, 0.1) is 158 Å². The van der Waals surface area contributed by atoms with Gasteiger partial charge < -0.3 is 60.9 Å². The molecule has 8 aromatic carbocycles. The molecule has 12 heterocycles. The van der Waals surface area contributed by atoms with Crippen molar-refractivity contribution in [3.05, 3.63) is 354 Å². The standard InChI is InChI=1S/2C27H26FN3O2.C27H27N3O3.C27H27N3O2/c1-18-3-9-24(28)23(15-18)26-27(20-11-13-29-14-12-20)31-21(6-10-25(31)30-26)17-33-16-19-4-7-22(32-2)8-5-19;1-18-3-6-21(28)15-24(18)26-27(20-11-13-29-14-12-20)31-22(7-10-25(31)30-26)17-33-16-19-4-8-23(32-2)9-5-19;1-31-23-8-3-19(4-9-23)17-33-18-22-7-12-25-29-26(20-5-10-24(32-2)11-6-20)27(30(22)25)21-13-15-28-16-14-21;1-19-4-3-5-22(16-19)26-27(21-12-14-28-15-13-21)30-23(8-11-25(30)29-26)18-32-17-20-6-9-24(31-2)10-7-20/h3-5,7-9,11-15,21H,6,10,16-17H2,1-2H3;3-6,8-9,11-15,22H,7,10,16-17H2,1-2H3;3-6,8-11,13-16,22H,7,12,17-18H2,1-2H3;3-7,9-10,12-16,23H,8,11,17-18H2,1-2H3/t21-;2*22-;23-/m0000/s1. The summed E-state index contributed by atoms with van der Waals surface area (Å²) in [4.78, 5) is 36.8. The Balaban J connectivity index is 0.000000122. The number of hydrogen-bond donors (Lipinski definition) is 0. The summed E-state index contributed by atoms with van der Waals surface area (Å²) in [6.07, 6.45) is 22.0. The van der Waals surface area contributed by atoms with Crippen molar-refractivity contribution in [2.24, 2.45) is 0 Å². The molecule has 131 heavy (non-hydrogen) atoms. The zero-order valence-electron chi connectivity index (χ0n) is 75.0. The molecule has 21 nitrogen and oxygen atoms in total. The highest BCUT2D eigenvalue weighted by Crippen LogP contribution is 2.46. The van der Waals surface area contributed by atoms with E-state index >= 15 is 0 Å². The molecule has 666 valence electrons. The fourth-order valence-electron chi connectivity index (χ4n) is 17.8. The average Bonchev–Trinajstić information content (AvgIpc) is 1.61. The molecule has 23 heteroatoms. The van der Waals surface area contributed by atoms with Crippen LogP contribution in [-0.4, -0.2) is 120 Å². The van der Waals surface area contributed by atoms with Crippen molar-refractivity contribution in [2.45, 2.75) is 123 Å². The normalized spacial score (nSPS) is 14.9. The predicted octanol–water partition coefficient (Wildman–Crippen LogP) is 22.5. The van der Waals surface area contributed by atoms with E-state index in [1.54, 1.807) is 78.5 Å². The largest absolute Gasteiger partial charge is 0.497 e. The van der Waals surface area contributed by atoms with Gasteiger partial charge in [-0.15, -0.1) is 0 Å². The van der Waals surface area contributed by atoms with Crippen LogP contribution in [-0.2, 0) is 71.1 Å². The van der Waals surface area contributed by atoms with E-state index in [-0.39, 0.29) is 35.8 Å². The molecule has 0 unspecified atom stereocenters. The zero-order chi connectivity index (χ0) is 90.1. The lowest BCUT2D eigenvalue weighted by Gasteiger charge is -2.18. The number of pyridine rings is 4. The topological polar surface area (TPSA) is 206 Å². The van der Waals surface area contributed by atoms with Crippen molar-refractivity contribution in [3.63, 3.8) is 0 Å². The second-order valence-electron chi connectivity index (χ2n) is 33.1. The van der Waals surface area contributed by atoms with Crippen molar-refractivity contribution in [2.75, 3.05) is 62.0 Å². The highest BCUT2D eigenvalue weighted by Gasteiger charge is 2.36. The Morgan fingerprint density at radius 2 is 0.595 bits per heavy atom. The molecule has 0 fully saturated rings. The molecule has 0 aliphatic carbocycles. The van der Waals surface area contributed by atoms with Gasteiger partial charge in [-0.1, -0.05) is 90.0 Å². The first-order valence-corrected chi connectivity index (χ1v) is 44.4. The number of fused-ring (bicyclic) bond motifs is 4. The van der Waals surface area contributed by atoms with Crippen LogP contribution in [0.4, 0.5) is 8.78 Å². The van der Waals surface area contributed by atoms with E-state index in [4.69, 9.17) is 62.6 Å². The number of aromatic nitrogens is 12. The summed E-state index contributed by atoms with van der Waals surface area (Å²) in [7, 11) is 8.35. The first-order valence-electron chi connectivity index (χ1n) is 44.4. The van der Waals surface area contributed by atoms with E-state index in [1.807, 2.05) is 190 Å². The first kappa shape index (κ1) is 88.9. The third-order valence-corrected chi connectivity index (χ3v) is 24.5. The molecule has 8 aromatic heterocycles. The lowest BCUT2D eigenvalue weighted by molar-refractivity contribution is 0.0924. The summed E-state index contributed by atoms with van der Waals surface area (Å²) < 4.78 is 89.1. The molecule has 4 aliphatic heterocycles. The van der Waals surface area contributed by atoms with E-state index in [0.29, 0.717) is 64.1 Å². The van der Waals surface area contributed by atoms with Gasteiger partial charge >= 0.3 is 0 Å². The van der Waals surface area contributed by atoms with Crippen LogP contribution >= 0.6 is 0 Å². The van der Waals surface area contributed by atoms with Gasteiger partial charge in [0.2, 0.25) is 0 Å². The van der Waals surface area contributed by atoms with Crippen LogP contribution in [0, 0.1) is 32.4 Å². The minimum absolute atomic E-state index is 0.135. The molecule has 0 amide bonds. The number of halogens is 2. The Labute approximate surface area is 762 Å². The van der Waals surface area contributed by atoms with E-state index in [0.717, 1.165) is 216 Å². The average molecular weight is 1750 g/mol. The molecule has 4 aliphatic rings. The van der Waals surface area contributed by atoms with Gasteiger partial charge in [-0.2, -0.15) is 0 Å². The number of imidazole rings is 4. The zero-order valence-corrected chi connectivity index (χ0v) is 75.0. The quantitative estimate of drug-likeness (QED) is 0.0427. The van der Waals surface area contributed by atoms with Crippen molar-refractivity contribution >= 4 is 0 Å². The molecule has 0 saturated heterocycles. The van der Waals surface area contributed by atoms with Crippen molar-refractivity contribution in [1.29, 1.82) is 0 Å². The third-order valence-electron chi connectivity index (χ3n) is 24.5. The Morgan fingerprint density at radius 3 is 0.931 bits per heavy atom. The Morgan fingerprint density at radius 1 is 0.290 bits per heavy atom. The lowest BCUT2D eigenvalue weighted by atomic mass is 10.0. The summed E-state index contributed by atoms with van der Waals surface area (Å²) in [5.74, 6) is 7.90. The minimum Gasteiger partial charge on any atom is -0.497 e. The van der Waals surface area contributed by atoms with Crippen LogP contribution < -0.4 is 23.7 Å².